The van der Waals surface area contributed by atoms with Crippen LogP contribution < -0.4 is 19.5 Å². The van der Waals surface area contributed by atoms with E-state index in [9.17, 15) is 13.2 Å². The molecule has 0 aliphatic carbocycles. The average Bonchev–Trinajstić information content (AvgIpc) is 2.61. The van der Waals surface area contributed by atoms with E-state index in [1.54, 1.807) is 30.3 Å². The van der Waals surface area contributed by atoms with E-state index >= 15 is 0 Å². The average molecular weight is 443 g/mol. The maximum absolute atomic E-state index is 12.1. The topological polar surface area (TPSA) is 93.7 Å². The second-order valence-electron chi connectivity index (χ2n) is 5.22. The second-order valence-corrected chi connectivity index (χ2v) is 7.90. The highest BCUT2D eigenvalue weighted by atomic mass is 79.9. The SMILES string of the molecule is COc1ccc(NC(=O)CCNS(=O)(=O)c2ccc(Br)cc2)cc1OC. The molecule has 0 aromatic heterocycles. The first kappa shape index (κ1) is 20.2. The predicted molar refractivity (Wildman–Crippen MR) is 102 cm³/mol. The highest BCUT2D eigenvalue weighted by molar-refractivity contribution is 9.10. The van der Waals surface area contributed by atoms with Crippen LogP contribution in [0.5, 0.6) is 11.5 Å². The van der Waals surface area contributed by atoms with Crippen LogP contribution in [0.15, 0.2) is 51.8 Å². The van der Waals surface area contributed by atoms with Crippen molar-refractivity contribution in [3.63, 3.8) is 0 Å². The Morgan fingerprint density at radius 3 is 2.31 bits per heavy atom. The summed E-state index contributed by atoms with van der Waals surface area (Å²) >= 11 is 3.25. The number of carbonyl (C=O) groups excluding carboxylic acids is 1. The van der Waals surface area contributed by atoms with E-state index in [2.05, 4.69) is 26.0 Å². The number of hydrogen-bond donors (Lipinski definition) is 2. The molecule has 2 N–H and O–H groups in total. The number of ether oxygens (including phenoxy) is 2. The highest BCUT2D eigenvalue weighted by Gasteiger charge is 2.14. The Kier molecular flexibility index (Phi) is 7.01. The van der Waals surface area contributed by atoms with Gasteiger partial charge in [0.1, 0.15) is 0 Å². The van der Waals surface area contributed by atoms with Crippen LogP contribution >= 0.6 is 15.9 Å². The Morgan fingerprint density at radius 1 is 1.04 bits per heavy atom. The summed E-state index contributed by atoms with van der Waals surface area (Å²) in [4.78, 5) is 12.1. The smallest absolute Gasteiger partial charge is 0.240 e. The van der Waals surface area contributed by atoms with Crippen LogP contribution in [0.25, 0.3) is 0 Å². The molecule has 9 heteroatoms. The number of hydrogen-bond acceptors (Lipinski definition) is 5. The van der Waals surface area contributed by atoms with E-state index in [1.807, 2.05) is 0 Å². The molecule has 1 amide bonds. The van der Waals surface area contributed by atoms with Crippen LogP contribution in [0.2, 0.25) is 0 Å². The predicted octanol–water partition coefficient (Wildman–Crippen LogP) is 2.77. The summed E-state index contributed by atoms with van der Waals surface area (Å²) < 4.78 is 37.8. The minimum atomic E-state index is -3.65. The molecule has 0 heterocycles. The van der Waals surface area contributed by atoms with E-state index in [1.165, 1.54) is 26.4 Å². The number of sulfonamides is 1. The van der Waals surface area contributed by atoms with Crippen molar-refractivity contribution in [2.24, 2.45) is 0 Å². The number of nitrogens with one attached hydrogen (secondary N) is 2. The number of carbonyl (C=O) groups is 1. The van der Waals surface area contributed by atoms with Gasteiger partial charge in [-0.1, -0.05) is 15.9 Å². The zero-order valence-electron chi connectivity index (χ0n) is 14.3. The third kappa shape index (κ3) is 5.45. The molecule has 0 spiro atoms. The molecular weight excluding hydrogens is 424 g/mol. The van der Waals surface area contributed by atoms with Crippen molar-refractivity contribution in [1.29, 1.82) is 0 Å². The summed E-state index contributed by atoms with van der Waals surface area (Å²) in [6.07, 6.45) is -0.00982. The van der Waals surface area contributed by atoms with Crippen molar-refractivity contribution >= 4 is 37.5 Å². The maximum Gasteiger partial charge on any atom is 0.240 e. The van der Waals surface area contributed by atoms with Crippen molar-refractivity contribution in [3.8, 4) is 11.5 Å². The number of halogens is 1. The van der Waals surface area contributed by atoms with Crippen LogP contribution in [0.4, 0.5) is 5.69 Å². The zero-order valence-corrected chi connectivity index (χ0v) is 16.7. The van der Waals surface area contributed by atoms with Crippen molar-refractivity contribution < 1.29 is 22.7 Å². The van der Waals surface area contributed by atoms with Crippen LogP contribution in [-0.2, 0) is 14.8 Å². The van der Waals surface area contributed by atoms with Gasteiger partial charge >= 0.3 is 0 Å². The molecule has 0 unspecified atom stereocenters. The Balaban J connectivity index is 1.90. The number of anilines is 1. The molecule has 26 heavy (non-hydrogen) atoms. The second kappa shape index (κ2) is 9.02. The van der Waals surface area contributed by atoms with Crippen molar-refractivity contribution in [2.45, 2.75) is 11.3 Å². The molecule has 0 aliphatic heterocycles. The van der Waals surface area contributed by atoms with E-state index < -0.39 is 10.0 Å². The Morgan fingerprint density at radius 2 is 1.69 bits per heavy atom. The summed E-state index contributed by atoms with van der Waals surface area (Å²) in [6.45, 7) is -0.0163. The highest BCUT2D eigenvalue weighted by Crippen LogP contribution is 2.29. The molecule has 2 aromatic carbocycles. The summed E-state index contributed by atoms with van der Waals surface area (Å²) in [6, 6.07) is 11.2. The maximum atomic E-state index is 12.1. The molecule has 2 rings (SSSR count). The lowest BCUT2D eigenvalue weighted by atomic mass is 10.2. The molecule has 2 aromatic rings. The Bertz CT molecular complexity index is 869. The molecule has 0 saturated carbocycles. The number of amides is 1. The van der Waals surface area contributed by atoms with Crippen molar-refractivity contribution in [2.75, 3.05) is 26.1 Å². The fourth-order valence-corrected chi connectivity index (χ4v) is 3.43. The van der Waals surface area contributed by atoms with E-state index in [-0.39, 0.29) is 23.8 Å². The molecule has 0 aliphatic rings. The normalized spacial score (nSPS) is 11.0. The third-order valence-corrected chi connectivity index (χ3v) is 5.44. The molecule has 0 fully saturated rings. The van der Waals surface area contributed by atoms with Crippen LogP contribution in [0.1, 0.15) is 6.42 Å². The monoisotopic (exact) mass is 442 g/mol. The fourth-order valence-electron chi connectivity index (χ4n) is 2.13. The van der Waals surface area contributed by atoms with Crippen LogP contribution in [0.3, 0.4) is 0 Å². The van der Waals surface area contributed by atoms with Crippen LogP contribution in [-0.4, -0.2) is 35.1 Å². The van der Waals surface area contributed by atoms with Gasteiger partial charge < -0.3 is 14.8 Å². The number of methoxy groups -OCH3 is 2. The first-order chi connectivity index (χ1) is 12.4. The molecule has 0 radical (unpaired) electrons. The molecule has 7 nitrogen and oxygen atoms in total. The standard InChI is InChI=1S/C17H19BrN2O5S/c1-24-15-8-5-13(11-16(15)25-2)20-17(21)9-10-19-26(22,23)14-6-3-12(18)4-7-14/h3-8,11,19H,9-10H2,1-2H3,(H,20,21). The van der Waals surface area contributed by atoms with Gasteiger partial charge in [0, 0.05) is 29.2 Å². The molecule has 140 valence electrons. The Hall–Kier alpha value is -2.10. The van der Waals surface area contributed by atoms with Gasteiger partial charge in [0.15, 0.2) is 11.5 Å². The van der Waals surface area contributed by atoms with Gasteiger partial charge in [-0.15, -0.1) is 0 Å². The molecule has 0 atom stereocenters. The van der Waals surface area contributed by atoms with Gasteiger partial charge in [0.2, 0.25) is 15.9 Å². The van der Waals surface area contributed by atoms with Crippen LogP contribution in [0, 0.1) is 0 Å². The molecule has 0 bridgehead atoms. The minimum absolute atomic E-state index is 0.00982. The van der Waals surface area contributed by atoms with Gasteiger partial charge in [-0.3, -0.25) is 4.79 Å². The molecular formula is C17H19BrN2O5S. The van der Waals surface area contributed by atoms with Crippen molar-refractivity contribution in [3.05, 3.63) is 46.9 Å². The Labute approximate surface area is 160 Å². The first-order valence-corrected chi connectivity index (χ1v) is 9.90. The van der Waals surface area contributed by atoms with Gasteiger partial charge in [-0.2, -0.15) is 0 Å². The largest absolute Gasteiger partial charge is 0.493 e. The van der Waals surface area contributed by atoms with Gasteiger partial charge in [-0.05, 0) is 36.4 Å². The number of rotatable bonds is 8. The number of benzene rings is 2. The molecule has 0 saturated heterocycles. The van der Waals surface area contributed by atoms with Gasteiger partial charge in [0.25, 0.3) is 0 Å². The summed E-state index contributed by atoms with van der Waals surface area (Å²) in [5.41, 5.74) is 0.531. The van der Waals surface area contributed by atoms with Gasteiger partial charge in [-0.25, -0.2) is 13.1 Å². The first-order valence-electron chi connectivity index (χ1n) is 7.63. The van der Waals surface area contributed by atoms with E-state index in [0.29, 0.717) is 17.2 Å². The quantitative estimate of drug-likeness (QED) is 0.655. The lowest BCUT2D eigenvalue weighted by Gasteiger charge is -2.11. The lowest BCUT2D eigenvalue weighted by molar-refractivity contribution is -0.116. The fraction of sp³-hybridized carbons (Fsp3) is 0.235. The summed E-state index contributed by atoms with van der Waals surface area (Å²) in [7, 11) is -0.631. The zero-order chi connectivity index (χ0) is 19.2. The third-order valence-electron chi connectivity index (χ3n) is 3.44. The minimum Gasteiger partial charge on any atom is -0.493 e. The summed E-state index contributed by atoms with van der Waals surface area (Å²) in [5, 5.41) is 2.69. The lowest BCUT2D eigenvalue weighted by Crippen LogP contribution is -2.27. The van der Waals surface area contributed by atoms with Crippen molar-refractivity contribution in [1.82, 2.24) is 4.72 Å². The van der Waals surface area contributed by atoms with E-state index in [4.69, 9.17) is 9.47 Å². The van der Waals surface area contributed by atoms with E-state index in [0.717, 1.165) is 4.47 Å². The summed E-state index contributed by atoms with van der Waals surface area (Å²) in [5.74, 6) is 0.713. The van der Waals surface area contributed by atoms with Gasteiger partial charge in [0.05, 0.1) is 19.1 Å².